The van der Waals surface area contributed by atoms with Gasteiger partial charge in [-0.3, -0.25) is 5.32 Å². The number of aryl methyl sites for hydroxylation is 1. The van der Waals surface area contributed by atoms with Crippen LogP contribution in [-0.2, 0) is 11.3 Å². The minimum absolute atomic E-state index is 0.174. The van der Waals surface area contributed by atoms with Crippen LogP contribution in [0, 0.1) is 6.92 Å². The molecule has 2 aromatic heterocycles. The fourth-order valence-electron chi connectivity index (χ4n) is 1.91. The summed E-state index contributed by atoms with van der Waals surface area (Å²) in [5.74, 6) is 0.568. The van der Waals surface area contributed by atoms with E-state index in [9.17, 15) is 4.79 Å². The summed E-state index contributed by atoms with van der Waals surface area (Å²) in [7, 11) is 0. The van der Waals surface area contributed by atoms with Gasteiger partial charge in [0.05, 0.1) is 5.69 Å². The van der Waals surface area contributed by atoms with Crippen LogP contribution >= 0.6 is 11.6 Å². The number of nitrogens with zero attached hydrogens (tertiary/aromatic N) is 4. The molecule has 112 valence electrons. The van der Waals surface area contributed by atoms with Crippen LogP contribution in [0.2, 0.25) is 5.15 Å². The van der Waals surface area contributed by atoms with Crippen molar-refractivity contribution in [3.63, 3.8) is 0 Å². The predicted octanol–water partition coefficient (Wildman–Crippen LogP) is 2.83. The summed E-state index contributed by atoms with van der Waals surface area (Å²) in [6.07, 6.45) is -0.603. The molecule has 8 heteroatoms. The summed E-state index contributed by atoms with van der Waals surface area (Å²) >= 11 is 5.93. The third-order valence-electron chi connectivity index (χ3n) is 2.95. The number of aromatic nitrogens is 4. The van der Waals surface area contributed by atoms with Gasteiger partial charge >= 0.3 is 6.09 Å². The van der Waals surface area contributed by atoms with Gasteiger partial charge in [-0.05, 0) is 12.5 Å². The average Bonchev–Trinajstić information content (AvgIpc) is 2.88. The van der Waals surface area contributed by atoms with Crippen molar-refractivity contribution < 1.29 is 9.53 Å². The Balaban J connectivity index is 1.74. The fraction of sp³-hybridized carbons (Fsp3) is 0.143. The molecule has 0 saturated carbocycles. The first kappa shape index (κ1) is 14.3. The number of carbonyl (C=O) groups excluding carboxylic acids is 1. The van der Waals surface area contributed by atoms with Crippen LogP contribution in [-0.4, -0.2) is 25.9 Å². The van der Waals surface area contributed by atoms with E-state index in [1.165, 1.54) is 10.6 Å². The zero-order valence-electron chi connectivity index (χ0n) is 11.7. The van der Waals surface area contributed by atoms with Gasteiger partial charge in [0.25, 0.3) is 0 Å². The summed E-state index contributed by atoms with van der Waals surface area (Å²) in [5.41, 5.74) is 1.69. The Morgan fingerprint density at radius 1 is 1.32 bits per heavy atom. The average molecular weight is 318 g/mol. The topological polar surface area (TPSA) is 81.4 Å². The molecule has 0 spiro atoms. The number of hydrogen-bond acceptors (Lipinski definition) is 5. The molecule has 1 N–H and O–H groups in total. The third-order valence-corrected chi connectivity index (χ3v) is 3.13. The van der Waals surface area contributed by atoms with Crippen molar-refractivity contribution >= 4 is 29.0 Å². The van der Waals surface area contributed by atoms with Crippen molar-refractivity contribution in [1.82, 2.24) is 19.8 Å². The molecule has 0 bridgehead atoms. The molecule has 0 unspecified atom stereocenters. The molecule has 0 saturated heterocycles. The van der Waals surface area contributed by atoms with Gasteiger partial charge in [-0.1, -0.05) is 41.9 Å². The van der Waals surface area contributed by atoms with Gasteiger partial charge in [-0.2, -0.15) is 9.61 Å². The number of ether oxygens (including phenoxy) is 1. The Morgan fingerprint density at radius 3 is 2.86 bits per heavy atom. The van der Waals surface area contributed by atoms with E-state index in [1.54, 1.807) is 6.92 Å². The lowest BCUT2D eigenvalue weighted by atomic mass is 10.2. The molecular weight excluding hydrogens is 306 g/mol. The molecule has 0 fully saturated rings. The fourth-order valence-corrected chi connectivity index (χ4v) is 2.10. The maximum atomic E-state index is 11.9. The van der Waals surface area contributed by atoms with Crippen LogP contribution in [0.4, 0.5) is 10.5 Å². The number of hydrogen-bond donors (Lipinski definition) is 1. The maximum Gasteiger partial charge on any atom is 0.412 e. The van der Waals surface area contributed by atoms with E-state index < -0.39 is 6.09 Å². The van der Waals surface area contributed by atoms with E-state index >= 15 is 0 Å². The smallest absolute Gasteiger partial charge is 0.412 e. The number of rotatable bonds is 3. The molecule has 0 atom stereocenters. The number of benzene rings is 1. The van der Waals surface area contributed by atoms with E-state index in [4.69, 9.17) is 16.3 Å². The zero-order valence-corrected chi connectivity index (χ0v) is 12.4. The molecule has 3 aromatic rings. The molecule has 7 nitrogen and oxygen atoms in total. The molecule has 0 aliphatic heterocycles. The molecule has 0 aliphatic rings. The van der Waals surface area contributed by atoms with Crippen LogP contribution in [0.15, 0.2) is 36.4 Å². The van der Waals surface area contributed by atoms with Crippen molar-refractivity contribution in [3.05, 3.63) is 52.9 Å². The van der Waals surface area contributed by atoms with Crippen molar-refractivity contribution in [3.8, 4) is 0 Å². The Morgan fingerprint density at radius 2 is 2.09 bits per heavy atom. The summed E-state index contributed by atoms with van der Waals surface area (Å²) in [6.45, 7) is 1.91. The lowest BCUT2D eigenvalue weighted by molar-refractivity contribution is 0.155. The van der Waals surface area contributed by atoms with Crippen molar-refractivity contribution in [2.24, 2.45) is 0 Å². The van der Waals surface area contributed by atoms with Crippen LogP contribution in [0.5, 0.6) is 0 Å². The molecule has 3 rings (SSSR count). The van der Waals surface area contributed by atoms with Gasteiger partial charge in [-0.25, -0.2) is 4.79 Å². The highest BCUT2D eigenvalue weighted by molar-refractivity contribution is 6.29. The summed E-state index contributed by atoms with van der Waals surface area (Å²) in [5, 5.41) is 14.7. The summed E-state index contributed by atoms with van der Waals surface area (Å²) < 4.78 is 6.61. The number of halogens is 1. The summed E-state index contributed by atoms with van der Waals surface area (Å²) in [4.78, 5) is 11.9. The normalized spacial score (nSPS) is 10.6. The molecule has 1 amide bonds. The number of anilines is 1. The molecule has 0 radical (unpaired) electrons. The van der Waals surface area contributed by atoms with Gasteiger partial charge < -0.3 is 4.74 Å². The highest BCUT2D eigenvalue weighted by Crippen LogP contribution is 2.19. The van der Waals surface area contributed by atoms with Gasteiger partial charge in [0.2, 0.25) is 5.65 Å². The first-order valence-electron chi connectivity index (χ1n) is 6.50. The Kier molecular flexibility index (Phi) is 3.88. The van der Waals surface area contributed by atoms with E-state index in [-0.39, 0.29) is 11.8 Å². The van der Waals surface area contributed by atoms with Crippen molar-refractivity contribution in [2.75, 3.05) is 5.32 Å². The SMILES string of the molecule is Cc1nnc2c(NC(=O)OCc3ccccc3)cc(Cl)nn12. The Hall–Kier alpha value is -2.67. The monoisotopic (exact) mass is 317 g/mol. The van der Waals surface area contributed by atoms with E-state index in [0.717, 1.165) is 5.56 Å². The third kappa shape index (κ3) is 2.99. The minimum atomic E-state index is -0.603. The highest BCUT2D eigenvalue weighted by atomic mass is 35.5. The second-order valence-electron chi connectivity index (χ2n) is 4.55. The van der Waals surface area contributed by atoms with Crippen LogP contribution in [0.3, 0.4) is 0 Å². The summed E-state index contributed by atoms with van der Waals surface area (Å²) in [6, 6.07) is 10.9. The number of fused-ring (bicyclic) bond motifs is 1. The molecule has 0 aliphatic carbocycles. The van der Waals surface area contributed by atoms with Gasteiger partial charge in [0.15, 0.2) is 11.0 Å². The largest absolute Gasteiger partial charge is 0.444 e. The molecule has 22 heavy (non-hydrogen) atoms. The van der Waals surface area contributed by atoms with Crippen molar-refractivity contribution in [2.45, 2.75) is 13.5 Å². The predicted molar refractivity (Wildman–Crippen MR) is 80.8 cm³/mol. The van der Waals surface area contributed by atoms with Crippen LogP contribution in [0.25, 0.3) is 5.65 Å². The number of carbonyl (C=O) groups is 1. The highest BCUT2D eigenvalue weighted by Gasteiger charge is 2.13. The molecule has 1 aromatic carbocycles. The van der Waals surface area contributed by atoms with E-state index in [2.05, 4.69) is 20.6 Å². The standard InChI is InChI=1S/C14H12ClN5O2/c1-9-17-18-13-11(7-12(15)19-20(9)13)16-14(21)22-8-10-5-3-2-4-6-10/h2-7H,8H2,1H3,(H,16,21). The molecular formula is C14H12ClN5O2. The van der Waals surface area contributed by atoms with Crippen LogP contribution in [0.1, 0.15) is 11.4 Å². The first-order chi connectivity index (χ1) is 10.6. The second-order valence-corrected chi connectivity index (χ2v) is 4.94. The second kappa shape index (κ2) is 5.98. The maximum absolute atomic E-state index is 11.9. The van der Waals surface area contributed by atoms with Crippen LogP contribution < -0.4 is 5.32 Å². The first-order valence-corrected chi connectivity index (χ1v) is 6.87. The lowest BCUT2D eigenvalue weighted by Crippen LogP contribution is -2.15. The number of amides is 1. The Labute approximate surface area is 130 Å². The molecule has 2 heterocycles. The van der Waals surface area contributed by atoms with Gasteiger partial charge in [0, 0.05) is 6.07 Å². The lowest BCUT2D eigenvalue weighted by Gasteiger charge is -2.08. The Bertz CT molecular complexity index is 819. The van der Waals surface area contributed by atoms with Gasteiger partial charge in [0.1, 0.15) is 6.61 Å². The quantitative estimate of drug-likeness (QED) is 0.803. The van der Waals surface area contributed by atoms with Gasteiger partial charge in [-0.15, -0.1) is 10.2 Å². The number of nitrogens with one attached hydrogen (secondary N) is 1. The van der Waals surface area contributed by atoms with E-state index in [1.807, 2.05) is 30.3 Å². The van der Waals surface area contributed by atoms with E-state index in [0.29, 0.717) is 17.2 Å². The van der Waals surface area contributed by atoms with Crippen molar-refractivity contribution in [1.29, 1.82) is 0 Å². The minimum Gasteiger partial charge on any atom is -0.444 e. The zero-order chi connectivity index (χ0) is 15.5.